The summed E-state index contributed by atoms with van der Waals surface area (Å²) >= 11 is 1.51. The Balaban J connectivity index is 1.23. The number of aromatic nitrogens is 3. The molecule has 144 valence electrons. The van der Waals surface area contributed by atoms with Gasteiger partial charge < -0.3 is 9.32 Å². The van der Waals surface area contributed by atoms with E-state index >= 15 is 0 Å². The van der Waals surface area contributed by atoms with Crippen molar-refractivity contribution in [2.45, 2.75) is 42.6 Å². The van der Waals surface area contributed by atoms with Crippen molar-refractivity contribution in [2.75, 3.05) is 26.2 Å². The maximum absolute atomic E-state index is 13.0. The molecule has 3 aliphatic heterocycles. The normalized spacial score (nSPS) is 25.7. The summed E-state index contributed by atoms with van der Waals surface area (Å²) in [6, 6.07) is 4.22. The lowest BCUT2D eigenvalue weighted by molar-refractivity contribution is 0.0703. The molecular weight excluding hydrogens is 362 g/mol. The molecule has 1 aliphatic carbocycles. The lowest BCUT2D eigenvalue weighted by Crippen LogP contribution is -2.45. The largest absolute Gasteiger partial charge is 0.455 e. The summed E-state index contributed by atoms with van der Waals surface area (Å²) in [6.07, 6.45) is 6.72. The van der Waals surface area contributed by atoms with Gasteiger partial charge >= 0.3 is 0 Å². The first-order valence-electron chi connectivity index (χ1n) is 9.85. The van der Waals surface area contributed by atoms with Gasteiger partial charge in [-0.05, 0) is 49.7 Å². The minimum atomic E-state index is 0.0380. The van der Waals surface area contributed by atoms with Crippen molar-refractivity contribution < 1.29 is 9.21 Å². The first kappa shape index (κ1) is 17.3. The molecule has 4 fully saturated rings. The summed E-state index contributed by atoms with van der Waals surface area (Å²) in [7, 11) is 0. The number of nitrogens with one attached hydrogen (secondary N) is 1. The molecule has 1 saturated carbocycles. The number of piperidine rings is 1. The third kappa shape index (κ3) is 3.91. The molecule has 0 aromatic carbocycles. The van der Waals surface area contributed by atoms with Gasteiger partial charge in [-0.25, -0.2) is 4.98 Å². The summed E-state index contributed by atoms with van der Waals surface area (Å²) in [5.41, 5.74) is 0. The van der Waals surface area contributed by atoms with E-state index in [4.69, 9.17) is 4.42 Å². The summed E-state index contributed by atoms with van der Waals surface area (Å²) in [5.74, 6) is 3.41. The monoisotopic (exact) mass is 387 g/mol. The molecule has 27 heavy (non-hydrogen) atoms. The van der Waals surface area contributed by atoms with Crippen LogP contribution in [0.5, 0.6) is 0 Å². The van der Waals surface area contributed by atoms with Crippen LogP contribution in [0.15, 0.2) is 28.0 Å². The van der Waals surface area contributed by atoms with Gasteiger partial charge in [-0.2, -0.15) is 5.10 Å². The average Bonchev–Trinajstić information content (AvgIpc) is 3.23. The average molecular weight is 388 g/mol. The van der Waals surface area contributed by atoms with Gasteiger partial charge in [-0.3, -0.25) is 14.8 Å². The Morgan fingerprint density at radius 3 is 2.96 bits per heavy atom. The molecule has 1 N–H and O–H groups in total. The molecule has 0 spiro atoms. The summed E-state index contributed by atoms with van der Waals surface area (Å²) in [4.78, 5) is 21.8. The van der Waals surface area contributed by atoms with Crippen molar-refractivity contribution >= 4 is 17.7 Å². The van der Waals surface area contributed by atoms with Crippen molar-refractivity contribution in [2.24, 2.45) is 11.8 Å². The Kier molecular flexibility index (Phi) is 4.69. The zero-order valence-corrected chi connectivity index (χ0v) is 16.2. The third-order valence-corrected chi connectivity index (χ3v) is 6.82. The van der Waals surface area contributed by atoms with Gasteiger partial charge in [0.1, 0.15) is 12.1 Å². The molecule has 0 unspecified atom stereocenters. The van der Waals surface area contributed by atoms with Crippen LogP contribution in [0, 0.1) is 11.8 Å². The van der Waals surface area contributed by atoms with Gasteiger partial charge in [0.25, 0.3) is 5.91 Å². The second-order valence-corrected chi connectivity index (χ2v) is 9.01. The molecule has 8 heteroatoms. The van der Waals surface area contributed by atoms with Crippen LogP contribution in [0.3, 0.4) is 0 Å². The number of aromatic amines is 1. The number of carbonyl (C=O) groups is 1. The van der Waals surface area contributed by atoms with Gasteiger partial charge in [0.2, 0.25) is 0 Å². The summed E-state index contributed by atoms with van der Waals surface area (Å²) < 4.78 is 5.84. The van der Waals surface area contributed by atoms with Crippen LogP contribution in [0.4, 0.5) is 0 Å². The molecule has 5 heterocycles. The predicted molar refractivity (Wildman–Crippen MR) is 101 cm³/mol. The number of hydrogen-bond donors (Lipinski definition) is 1. The molecule has 3 saturated heterocycles. The van der Waals surface area contributed by atoms with Crippen LogP contribution in [0.2, 0.25) is 0 Å². The molecule has 2 aromatic rings. The van der Waals surface area contributed by atoms with E-state index in [0.29, 0.717) is 23.5 Å². The molecule has 2 aromatic heterocycles. The van der Waals surface area contributed by atoms with Gasteiger partial charge in [-0.15, -0.1) is 0 Å². The highest BCUT2D eigenvalue weighted by atomic mass is 32.2. The Hall–Kier alpha value is -1.80. The highest BCUT2D eigenvalue weighted by molar-refractivity contribution is 7.98. The quantitative estimate of drug-likeness (QED) is 0.768. The zero-order chi connectivity index (χ0) is 18.2. The fraction of sp³-hybridized carbons (Fsp3) is 0.632. The van der Waals surface area contributed by atoms with E-state index in [9.17, 15) is 4.79 Å². The number of rotatable bonds is 6. The summed E-state index contributed by atoms with van der Waals surface area (Å²) in [5, 5.41) is 7.40. The lowest BCUT2D eigenvalue weighted by Gasteiger charge is -2.36. The van der Waals surface area contributed by atoms with Gasteiger partial charge in [0.15, 0.2) is 10.9 Å². The first-order chi connectivity index (χ1) is 13.2. The topological polar surface area (TPSA) is 78.3 Å². The predicted octanol–water partition coefficient (Wildman–Crippen LogP) is 2.64. The fourth-order valence-electron chi connectivity index (χ4n) is 4.33. The SMILES string of the molecule is O=C(c1ccc(CSc2ncn[nH]2)o1)N1C[C@H]2CC[C@@H](C1)N(CC1CC1)C2. The standard InChI is InChI=1S/C19H25N5O2S/c25-18(17-6-5-16(26-17)11-27-19-20-12-21-22-19)24-9-14-3-4-15(10-24)23(8-14)7-13-1-2-13/h5-6,12-15H,1-4,7-11H2,(H,20,21,22)/t14-,15-/m0/s1. The number of amides is 1. The van der Waals surface area contributed by atoms with Crippen LogP contribution in [0.25, 0.3) is 0 Å². The molecule has 6 rings (SSSR count). The van der Waals surface area contributed by atoms with E-state index in [1.165, 1.54) is 50.3 Å². The van der Waals surface area contributed by atoms with E-state index < -0.39 is 0 Å². The zero-order valence-electron chi connectivity index (χ0n) is 15.3. The molecule has 0 radical (unpaired) electrons. The Labute approximate surface area is 162 Å². The van der Waals surface area contributed by atoms with Crippen LogP contribution < -0.4 is 0 Å². The van der Waals surface area contributed by atoms with Crippen LogP contribution in [-0.2, 0) is 5.75 Å². The minimum absolute atomic E-state index is 0.0380. The summed E-state index contributed by atoms with van der Waals surface area (Å²) in [6.45, 7) is 4.08. The highest BCUT2D eigenvalue weighted by Crippen LogP contribution is 2.35. The number of carbonyl (C=O) groups excluding carboxylic acids is 1. The molecule has 2 atom stereocenters. The second-order valence-electron chi connectivity index (χ2n) is 8.05. The Bertz CT molecular complexity index is 788. The van der Waals surface area contributed by atoms with Crippen LogP contribution >= 0.6 is 11.8 Å². The molecule has 4 aliphatic rings. The van der Waals surface area contributed by atoms with E-state index in [0.717, 1.165) is 36.5 Å². The number of thioether (sulfide) groups is 1. The minimum Gasteiger partial charge on any atom is -0.455 e. The number of fused-ring (bicyclic) bond motifs is 4. The first-order valence-corrected chi connectivity index (χ1v) is 10.8. The fourth-order valence-corrected chi connectivity index (χ4v) is 5.00. The van der Waals surface area contributed by atoms with Crippen molar-refractivity contribution in [1.29, 1.82) is 0 Å². The number of hydrogen-bond acceptors (Lipinski definition) is 6. The van der Waals surface area contributed by atoms with Crippen molar-refractivity contribution in [3.05, 3.63) is 30.0 Å². The van der Waals surface area contributed by atoms with E-state index in [1.807, 2.05) is 17.0 Å². The molecule has 2 bridgehead atoms. The van der Waals surface area contributed by atoms with Crippen LogP contribution in [0.1, 0.15) is 42.0 Å². The van der Waals surface area contributed by atoms with Crippen molar-refractivity contribution in [3.63, 3.8) is 0 Å². The second kappa shape index (κ2) is 7.31. The molecule has 7 nitrogen and oxygen atoms in total. The Morgan fingerprint density at radius 1 is 1.22 bits per heavy atom. The van der Waals surface area contributed by atoms with Gasteiger partial charge in [0, 0.05) is 32.2 Å². The number of furan rings is 1. The molecule has 1 amide bonds. The molecular formula is C19H25N5O2S. The van der Waals surface area contributed by atoms with Gasteiger partial charge in [-0.1, -0.05) is 11.8 Å². The maximum atomic E-state index is 13.0. The highest BCUT2D eigenvalue weighted by Gasteiger charge is 2.39. The van der Waals surface area contributed by atoms with E-state index in [1.54, 1.807) is 0 Å². The van der Waals surface area contributed by atoms with E-state index in [2.05, 4.69) is 20.1 Å². The van der Waals surface area contributed by atoms with Gasteiger partial charge in [0.05, 0.1) is 5.75 Å². The number of H-pyrrole nitrogens is 1. The smallest absolute Gasteiger partial charge is 0.289 e. The van der Waals surface area contributed by atoms with Crippen LogP contribution in [-0.4, -0.2) is 63.1 Å². The third-order valence-electron chi connectivity index (χ3n) is 5.92. The lowest BCUT2D eigenvalue weighted by atomic mass is 9.95. The van der Waals surface area contributed by atoms with Crippen molar-refractivity contribution in [3.8, 4) is 0 Å². The maximum Gasteiger partial charge on any atom is 0.289 e. The van der Waals surface area contributed by atoms with E-state index in [-0.39, 0.29) is 5.91 Å². The Morgan fingerprint density at radius 2 is 2.15 bits per heavy atom. The number of nitrogens with zero attached hydrogens (tertiary/aromatic N) is 4. The van der Waals surface area contributed by atoms with Crippen molar-refractivity contribution in [1.82, 2.24) is 25.0 Å².